The maximum atomic E-state index is 12.0. The van der Waals surface area contributed by atoms with Gasteiger partial charge in [-0.25, -0.2) is 0 Å². The van der Waals surface area contributed by atoms with E-state index in [1.165, 1.54) is 0 Å². The van der Waals surface area contributed by atoms with E-state index < -0.39 is 0 Å². The van der Waals surface area contributed by atoms with Crippen LogP contribution in [0.3, 0.4) is 0 Å². The van der Waals surface area contributed by atoms with E-state index in [2.05, 4.69) is 10.6 Å². The monoisotopic (exact) mass is 318 g/mol. The van der Waals surface area contributed by atoms with Crippen molar-refractivity contribution in [1.82, 2.24) is 10.6 Å². The highest BCUT2D eigenvalue weighted by Crippen LogP contribution is 2.29. The van der Waals surface area contributed by atoms with E-state index in [-0.39, 0.29) is 18.5 Å². The van der Waals surface area contributed by atoms with Crippen LogP contribution in [-0.4, -0.2) is 26.6 Å². The molecule has 1 amide bonds. The third-order valence-corrected chi connectivity index (χ3v) is 3.63. The molecule has 2 aromatic rings. The minimum Gasteiger partial charge on any atom is -0.497 e. The van der Waals surface area contributed by atoms with Crippen molar-refractivity contribution in [2.75, 3.05) is 20.7 Å². The van der Waals surface area contributed by atoms with Gasteiger partial charge in [0.25, 0.3) is 0 Å². The van der Waals surface area contributed by atoms with Gasteiger partial charge >= 0.3 is 0 Å². The fraction of sp³-hybridized carbons (Fsp3) is 0.235. The van der Waals surface area contributed by atoms with Crippen molar-refractivity contribution in [2.24, 2.45) is 0 Å². The standard InChI is InChI=1S/C17H19ClN2O2/c1-19-11-16(21)20-17(14-8-3-4-9-15(14)18)12-6-5-7-13(10-12)22-2/h3-10,17,19H,11H2,1-2H3,(H,20,21)/t17-/m0/s1. The molecule has 0 radical (unpaired) electrons. The number of nitrogens with one attached hydrogen (secondary N) is 2. The molecule has 2 rings (SSSR count). The summed E-state index contributed by atoms with van der Waals surface area (Å²) in [7, 11) is 3.35. The average Bonchev–Trinajstić information content (AvgIpc) is 2.54. The van der Waals surface area contributed by atoms with Gasteiger partial charge in [0.1, 0.15) is 5.75 Å². The van der Waals surface area contributed by atoms with E-state index in [1.807, 2.05) is 48.5 Å². The van der Waals surface area contributed by atoms with E-state index in [0.717, 1.165) is 16.9 Å². The molecule has 0 fully saturated rings. The highest BCUT2D eigenvalue weighted by atomic mass is 35.5. The summed E-state index contributed by atoms with van der Waals surface area (Å²) >= 11 is 6.30. The van der Waals surface area contributed by atoms with Crippen LogP contribution in [0.5, 0.6) is 5.75 Å². The fourth-order valence-electron chi connectivity index (χ4n) is 2.24. The summed E-state index contributed by atoms with van der Waals surface area (Å²) in [6.45, 7) is 0.241. The van der Waals surface area contributed by atoms with Gasteiger partial charge in [-0.15, -0.1) is 0 Å². The quantitative estimate of drug-likeness (QED) is 0.861. The molecule has 0 aliphatic carbocycles. The van der Waals surface area contributed by atoms with E-state index in [1.54, 1.807) is 14.2 Å². The zero-order valence-electron chi connectivity index (χ0n) is 12.6. The minimum absolute atomic E-state index is 0.102. The Morgan fingerprint density at radius 2 is 2.00 bits per heavy atom. The third kappa shape index (κ3) is 4.00. The van der Waals surface area contributed by atoms with Crippen LogP contribution in [0.25, 0.3) is 0 Å². The van der Waals surface area contributed by atoms with Crippen LogP contribution in [0.2, 0.25) is 5.02 Å². The molecule has 0 spiro atoms. The molecule has 2 aromatic carbocycles. The molecular formula is C17H19ClN2O2. The van der Waals surface area contributed by atoms with Crippen molar-refractivity contribution in [3.8, 4) is 5.75 Å². The largest absolute Gasteiger partial charge is 0.497 e. The Kier molecular flexibility index (Phi) is 5.81. The Balaban J connectivity index is 2.40. The molecule has 116 valence electrons. The highest BCUT2D eigenvalue weighted by Gasteiger charge is 2.19. The highest BCUT2D eigenvalue weighted by molar-refractivity contribution is 6.31. The van der Waals surface area contributed by atoms with Crippen LogP contribution < -0.4 is 15.4 Å². The number of ether oxygens (including phenoxy) is 1. The number of methoxy groups -OCH3 is 1. The molecule has 1 atom stereocenters. The number of halogens is 1. The van der Waals surface area contributed by atoms with Crippen LogP contribution in [0, 0.1) is 0 Å². The molecule has 22 heavy (non-hydrogen) atoms. The molecule has 0 aliphatic rings. The van der Waals surface area contributed by atoms with Gasteiger partial charge in [-0.1, -0.05) is 41.9 Å². The van der Waals surface area contributed by atoms with Gasteiger partial charge < -0.3 is 15.4 Å². The number of carbonyl (C=O) groups is 1. The summed E-state index contributed by atoms with van der Waals surface area (Å²) < 4.78 is 5.27. The lowest BCUT2D eigenvalue weighted by Gasteiger charge is -2.21. The smallest absolute Gasteiger partial charge is 0.234 e. The molecule has 4 nitrogen and oxygen atoms in total. The Morgan fingerprint density at radius 3 is 2.68 bits per heavy atom. The average molecular weight is 319 g/mol. The number of hydrogen-bond acceptors (Lipinski definition) is 3. The van der Waals surface area contributed by atoms with E-state index in [4.69, 9.17) is 16.3 Å². The summed E-state index contributed by atoms with van der Waals surface area (Å²) in [5.41, 5.74) is 1.76. The fourth-order valence-corrected chi connectivity index (χ4v) is 2.49. The van der Waals surface area contributed by atoms with Crippen molar-refractivity contribution >= 4 is 17.5 Å². The lowest BCUT2D eigenvalue weighted by molar-refractivity contribution is -0.120. The van der Waals surface area contributed by atoms with E-state index >= 15 is 0 Å². The number of carbonyl (C=O) groups excluding carboxylic acids is 1. The van der Waals surface area contributed by atoms with Gasteiger partial charge in [-0.3, -0.25) is 4.79 Å². The second-order valence-corrected chi connectivity index (χ2v) is 5.24. The molecule has 2 N–H and O–H groups in total. The predicted molar refractivity (Wildman–Crippen MR) is 88.4 cm³/mol. The number of likely N-dealkylation sites (N-methyl/N-ethyl adjacent to an activating group) is 1. The second-order valence-electron chi connectivity index (χ2n) is 4.83. The molecule has 0 aromatic heterocycles. The number of rotatable bonds is 6. The first kappa shape index (κ1) is 16.3. The summed E-state index contributed by atoms with van der Waals surface area (Å²) in [4.78, 5) is 12.0. The third-order valence-electron chi connectivity index (χ3n) is 3.29. The Bertz CT molecular complexity index is 646. The van der Waals surface area contributed by atoms with Crippen molar-refractivity contribution in [3.63, 3.8) is 0 Å². The van der Waals surface area contributed by atoms with Gasteiger partial charge in [0, 0.05) is 5.02 Å². The molecule has 0 saturated heterocycles. The van der Waals surface area contributed by atoms with E-state index in [0.29, 0.717) is 5.02 Å². The van der Waals surface area contributed by atoms with Crippen molar-refractivity contribution < 1.29 is 9.53 Å². The predicted octanol–water partition coefficient (Wildman–Crippen LogP) is 2.77. The van der Waals surface area contributed by atoms with Gasteiger partial charge in [-0.2, -0.15) is 0 Å². The van der Waals surface area contributed by atoms with Crippen LogP contribution in [0.1, 0.15) is 17.2 Å². The molecule has 0 aliphatic heterocycles. The van der Waals surface area contributed by atoms with Gasteiger partial charge in [0.05, 0.1) is 19.7 Å². The van der Waals surface area contributed by atoms with Gasteiger partial charge in [-0.05, 0) is 36.4 Å². The van der Waals surface area contributed by atoms with Gasteiger partial charge in [0.15, 0.2) is 0 Å². The normalized spacial score (nSPS) is 11.8. The number of benzene rings is 2. The van der Waals surface area contributed by atoms with Crippen LogP contribution in [-0.2, 0) is 4.79 Å². The lowest BCUT2D eigenvalue weighted by atomic mass is 9.98. The first-order chi connectivity index (χ1) is 10.7. The molecular weight excluding hydrogens is 300 g/mol. The Labute approximate surface area is 135 Å². The Hall–Kier alpha value is -2.04. The topological polar surface area (TPSA) is 50.4 Å². The Morgan fingerprint density at radius 1 is 1.23 bits per heavy atom. The zero-order chi connectivity index (χ0) is 15.9. The van der Waals surface area contributed by atoms with Crippen LogP contribution in [0.15, 0.2) is 48.5 Å². The first-order valence-corrected chi connectivity index (χ1v) is 7.36. The molecule has 0 heterocycles. The van der Waals surface area contributed by atoms with Gasteiger partial charge in [0.2, 0.25) is 5.91 Å². The van der Waals surface area contributed by atoms with Crippen molar-refractivity contribution in [1.29, 1.82) is 0 Å². The zero-order valence-corrected chi connectivity index (χ0v) is 13.4. The van der Waals surface area contributed by atoms with Crippen LogP contribution in [0.4, 0.5) is 0 Å². The molecule has 5 heteroatoms. The molecule has 0 bridgehead atoms. The minimum atomic E-state index is -0.329. The molecule has 0 saturated carbocycles. The van der Waals surface area contributed by atoms with Crippen molar-refractivity contribution in [3.05, 3.63) is 64.7 Å². The first-order valence-electron chi connectivity index (χ1n) is 6.98. The van der Waals surface area contributed by atoms with Crippen LogP contribution >= 0.6 is 11.6 Å². The number of amides is 1. The number of hydrogen-bond donors (Lipinski definition) is 2. The maximum Gasteiger partial charge on any atom is 0.234 e. The summed E-state index contributed by atoms with van der Waals surface area (Å²) in [5.74, 6) is 0.632. The lowest BCUT2D eigenvalue weighted by Crippen LogP contribution is -2.35. The summed E-state index contributed by atoms with van der Waals surface area (Å²) in [6, 6.07) is 14.8. The summed E-state index contributed by atoms with van der Waals surface area (Å²) in [6.07, 6.45) is 0. The second kappa shape index (κ2) is 7.82. The summed E-state index contributed by atoms with van der Waals surface area (Å²) in [5, 5.41) is 6.46. The SMILES string of the molecule is CNCC(=O)N[C@@H](c1cccc(OC)c1)c1ccccc1Cl. The van der Waals surface area contributed by atoms with E-state index in [9.17, 15) is 4.79 Å². The maximum absolute atomic E-state index is 12.0. The molecule has 0 unspecified atom stereocenters. The van der Waals surface area contributed by atoms with Crippen molar-refractivity contribution in [2.45, 2.75) is 6.04 Å².